The van der Waals surface area contributed by atoms with E-state index in [9.17, 15) is 4.79 Å². The molecule has 5 nitrogen and oxygen atoms in total. The van der Waals surface area contributed by atoms with Crippen LogP contribution in [0.25, 0.3) is 11.0 Å². The molecule has 18 heavy (non-hydrogen) atoms. The van der Waals surface area contributed by atoms with E-state index in [2.05, 4.69) is 20.6 Å². The monoisotopic (exact) mass is 248 g/mol. The van der Waals surface area contributed by atoms with E-state index in [1.165, 1.54) is 11.1 Å². The van der Waals surface area contributed by atoms with Crippen LogP contribution in [0.3, 0.4) is 0 Å². The van der Waals surface area contributed by atoms with E-state index in [0.717, 1.165) is 11.0 Å². The Morgan fingerprint density at radius 2 is 2.00 bits per heavy atom. The summed E-state index contributed by atoms with van der Waals surface area (Å²) in [4.78, 5) is 18.7. The zero-order valence-corrected chi connectivity index (χ0v) is 10.2. The summed E-state index contributed by atoms with van der Waals surface area (Å²) in [5.41, 5.74) is 4.18. The molecular weight excluding hydrogens is 228 g/mol. The molecule has 2 amide bonds. The Morgan fingerprint density at radius 3 is 2.67 bits per heavy atom. The zero-order valence-electron chi connectivity index (χ0n) is 10.2. The van der Waals surface area contributed by atoms with Crippen LogP contribution in [0.4, 0.5) is 10.7 Å². The SMILES string of the molecule is C.CCNC(=O)Nc1nc2cc(C)c(C)cc2[nH]1. The molecule has 5 heteroatoms. The molecule has 0 unspecified atom stereocenters. The van der Waals surface area contributed by atoms with Crippen molar-refractivity contribution in [2.75, 3.05) is 11.9 Å². The average Bonchev–Trinajstić information content (AvgIpc) is 2.60. The van der Waals surface area contributed by atoms with Gasteiger partial charge in [-0.25, -0.2) is 9.78 Å². The smallest absolute Gasteiger partial charge is 0.321 e. The number of amides is 2. The summed E-state index contributed by atoms with van der Waals surface area (Å²) in [6.45, 7) is 6.54. The number of aromatic amines is 1. The van der Waals surface area contributed by atoms with Crippen LogP contribution in [0.2, 0.25) is 0 Å². The van der Waals surface area contributed by atoms with Crippen molar-refractivity contribution in [1.29, 1.82) is 0 Å². The molecule has 0 aliphatic heterocycles. The lowest BCUT2D eigenvalue weighted by atomic mass is 10.1. The number of anilines is 1. The number of carbonyl (C=O) groups is 1. The Bertz CT molecular complexity index is 520. The number of rotatable bonds is 2. The molecule has 0 atom stereocenters. The molecular formula is C13H20N4O. The predicted molar refractivity (Wildman–Crippen MR) is 75.0 cm³/mol. The molecule has 98 valence electrons. The molecule has 2 aromatic rings. The summed E-state index contributed by atoms with van der Waals surface area (Å²) in [7, 11) is 0. The minimum absolute atomic E-state index is 0. The summed E-state index contributed by atoms with van der Waals surface area (Å²) in [6.07, 6.45) is 0. The second kappa shape index (κ2) is 5.53. The van der Waals surface area contributed by atoms with Crippen molar-refractivity contribution < 1.29 is 4.79 Å². The number of aryl methyl sites for hydroxylation is 2. The van der Waals surface area contributed by atoms with E-state index in [-0.39, 0.29) is 13.5 Å². The molecule has 1 aromatic carbocycles. The van der Waals surface area contributed by atoms with Gasteiger partial charge in [0.05, 0.1) is 11.0 Å². The summed E-state index contributed by atoms with van der Waals surface area (Å²) in [5, 5.41) is 5.31. The van der Waals surface area contributed by atoms with Gasteiger partial charge >= 0.3 is 6.03 Å². The van der Waals surface area contributed by atoms with Gasteiger partial charge in [0.1, 0.15) is 0 Å². The number of carbonyl (C=O) groups excluding carboxylic acids is 1. The highest BCUT2D eigenvalue weighted by molar-refractivity contribution is 5.90. The van der Waals surface area contributed by atoms with Gasteiger partial charge in [0.25, 0.3) is 0 Å². The van der Waals surface area contributed by atoms with Gasteiger partial charge in [0, 0.05) is 6.54 Å². The first kappa shape index (κ1) is 14.0. The Labute approximate surface area is 107 Å². The zero-order chi connectivity index (χ0) is 12.4. The molecule has 0 saturated carbocycles. The summed E-state index contributed by atoms with van der Waals surface area (Å²) in [5.74, 6) is 0.468. The van der Waals surface area contributed by atoms with Crippen molar-refractivity contribution in [2.24, 2.45) is 0 Å². The average molecular weight is 248 g/mol. The topological polar surface area (TPSA) is 69.8 Å². The van der Waals surface area contributed by atoms with Crippen LogP contribution >= 0.6 is 0 Å². The predicted octanol–water partition coefficient (Wildman–Crippen LogP) is 2.96. The Morgan fingerprint density at radius 1 is 1.33 bits per heavy atom. The second-order valence-electron chi connectivity index (χ2n) is 4.02. The molecule has 0 aliphatic carbocycles. The first-order valence-electron chi connectivity index (χ1n) is 5.62. The molecule has 0 radical (unpaired) electrons. The van der Waals surface area contributed by atoms with Crippen molar-refractivity contribution in [3.8, 4) is 0 Å². The van der Waals surface area contributed by atoms with E-state index in [1.807, 2.05) is 32.9 Å². The highest BCUT2D eigenvalue weighted by Gasteiger charge is 2.06. The Balaban J connectivity index is 0.00000162. The lowest BCUT2D eigenvalue weighted by molar-refractivity contribution is 0.252. The van der Waals surface area contributed by atoms with E-state index in [4.69, 9.17) is 0 Å². The fourth-order valence-electron chi connectivity index (χ4n) is 1.64. The third kappa shape index (κ3) is 2.80. The number of imidazole rings is 1. The number of nitrogens with zero attached hydrogens (tertiary/aromatic N) is 1. The number of nitrogens with one attached hydrogen (secondary N) is 3. The number of hydrogen-bond donors (Lipinski definition) is 3. The maximum atomic E-state index is 11.3. The number of aromatic nitrogens is 2. The summed E-state index contributed by atoms with van der Waals surface area (Å²) < 4.78 is 0. The first-order chi connectivity index (χ1) is 8.10. The van der Waals surface area contributed by atoms with E-state index in [0.29, 0.717) is 12.5 Å². The fourth-order valence-corrected chi connectivity index (χ4v) is 1.64. The fraction of sp³-hybridized carbons (Fsp3) is 0.385. The van der Waals surface area contributed by atoms with Gasteiger partial charge in [-0.15, -0.1) is 0 Å². The molecule has 1 heterocycles. The van der Waals surface area contributed by atoms with Crippen molar-refractivity contribution in [3.63, 3.8) is 0 Å². The minimum Gasteiger partial charge on any atom is -0.338 e. The first-order valence-corrected chi connectivity index (χ1v) is 5.62. The van der Waals surface area contributed by atoms with E-state index in [1.54, 1.807) is 0 Å². The van der Waals surface area contributed by atoms with Crippen molar-refractivity contribution in [2.45, 2.75) is 28.2 Å². The number of urea groups is 1. The maximum absolute atomic E-state index is 11.3. The lowest BCUT2D eigenvalue weighted by Gasteiger charge is -2.00. The highest BCUT2D eigenvalue weighted by atomic mass is 16.2. The number of hydrogen-bond acceptors (Lipinski definition) is 2. The second-order valence-corrected chi connectivity index (χ2v) is 4.02. The van der Waals surface area contributed by atoms with Crippen LogP contribution in [-0.4, -0.2) is 22.5 Å². The molecule has 3 N–H and O–H groups in total. The number of fused-ring (bicyclic) bond motifs is 1. The van der Waals surface area contributed by atoms with Crippen LogP contribution < -0.4 is 10.6 Å². The Hall–Kier alpha value is -2.04. The van der Waals surface area contributed by atoms with Gasteiger partial charge in [-0.05, 0) is 44.0 Å². The molecule has 1 aromatic heterocycles. The van der Waals surface area contributed by atoms with Gasteiger partial charge in [-0.1, -0.05) is 7.43 Å². The minimum atomic E-state index is -0.250. The van der Waals surface area contributed by atoms with E-state index >= 15 is 0 Å². The molecule has 0 bridgehead atoms. The van der Waals surface area contributed by atoms with E-state index < -0.39 is 0 Å². The third-order valence-corrected chi connectivity index (χ3v) is 2.67. The highest BCUT2D eigenvalue weighted by Crippen LogP contribution is 2.18. The molecule has 0 fully saturated rings. The van der Waals surface area contributed by atoms with Gasteiger partial charge in [0.2, 0.25) is 5.95 Å². The molecule has 0 saturated heterocycles. The molecule has 0 aliphatic rings. The normalized spacial score (nSPS) is 9.94. The largest absolute Gasteiger partial charge is 0.338 e. The molecule has 0 spiro atoms. The standard InChI is InChI=1S/C12H16N4O.CH4/c1-4-13-12(17)16-11-14-9-5-7(2)8(3)6-10(9)15-11;/h5-6H,4H2,1-3H3,(H3,13,14,15,16,17);1H4. The van der Waals surface area contributed by atoms with Gasteiger partial charge in [0.15, 0.2) is 0 Å². The van der Waals surface area contributed by atoms with Crippen molar-refractivity contribution in [3.05, 3.63) is 23.3 Å². The van der Waals surface area contributed by atoms with Gasteiger partial charge < -0.3 is 10.3 Å². The van der Waals surface area contributed by atoms with Crippen LogP contribution in [0.1, 0.15) is 25.5 Å². The molecule has 2 rings (SSSR count). The van der Waals surface area contributed by atoms with Gasteiger partial charge in [-0.2, -0.15) is 0 Å². The van der Waals surface area contributed by atoms with Crippen molar-refractivity contribution >= 4 is 23.0 Å². The van der Waals surface area contributed by atoms with Crippen molar-refractivity contribution in [1.82, 2.24) is 15.3 Å². The van der Waals surface area contributed by atoms with Gasteiger partial charge in [-0.3, -0.25) is 5.32 Å². The number of H-pyrrole nitrogens is 1. The van der Waals surface area contributed by atoms with Crippen LogP contribution in [0.5, 0.6) is 0 Å². The van der Waals surface area contributed by atoms with Crippen LogP contribution in [0.15, 0.2) is 12.1 Å². The Kier molecular flexibility index (Phi) is 4.31. The quantitative estimate of drug-likeness (QED) is 0.764. The third-order valence-electron chi connectivity index (χ3n) is 2.67. The van der Waals surface area contributed by atoms with Crippen LogP contribution in [0, 0.1) is 13.8 Å². The maximum Gasteiger partial charge on any atom is 0.321 e. The summed E-state index contributed by atoms with van der Waals surface area (Å²) >= 11 is 0. The van der Waals surface area contributed by atoms with Crippen LogP contribution in [-0.2, 0) is 0 Å². The lowest BCUT2D eigenvalue weighted by Crippen LogP contribution is -2.28. The number of benzene rings is 1. The summed E-state index contributed by atoms with van der Waals surface area (Å²) in [6, 6.07) is 3.78.